The molecule has 2 saturated heterocycles. The van der Waals surface area contributed by atoms with E-state index < -0.39 is 43.2 Å². The van der Waals surface area contributed by atoms with Crippen LogP contribution in [0.15, 0.2) is 16.8 Å². The lowest BCUT2D eigenvalue weighted by Crippen LogP contribution is -2.56. The summed E-state index contributed by atoms with van der Waals surface area (Å²) < 4.78 is 74.8. The molecule has 0 N–H and O–H groups in total. The number of amides is 1. The van der Waals surface area contributed by atoms with Gasteiger partial charge in [0.2, 0.25) is 5.89 Å². The Morgan fingerprint density at radius 3 is 2.55 bits per heavy atom. The molecule has 2 aromatic rings. The molecular formula is C20H20F5N5O3. The summed E-state index contributed by atoms with van der Waals surface area (Å²) in [4.78, 5) is 24.4. The van der Waals surface area contributed by atoms with Gasteiger partial charge < -0.3 is 19.1 Å². The maximum atomic E-state index is 13.3. The number of pyridine rings is 1. The fourth-order valence-corrected chi connectivity index (χ4v) is 4.44. The molecule has 2 atom stereocenters. The molecule has 3 aliphatic rings. The van der Waals surface area contributed by atoms with E-state index in [4.69, 9.17) is 9.26 Å². The molecule has 33 heavy (non-hydrogen) atoms. The Hall–Kier alpha value is -2.99. The summed E-state index contributed by atoms with van der Waals surface area (Å²) in [7, 11) is 0. The van der Waals surface area contributed by atoms with Gasteiger partial charge >= 0.3 is 6.18 Å². The third-order valence-corrected chi connectivity index (χ3v) is 6.20. The van der Waals surface area contributed by atoms with Crippen LogP contribution in [0.3, 0.4) is 0 Å². The van der Waals surface area contributed by atoms with Gasteiger partial charge in [-0.15, -0.1) is 0 Å². The van der Waals surface area contributed by atoms with Crippen molar-refractivity contribution in [3.05, 3.63) is 29.7 Å². The lowest BCUT2D eigenvalue weighted by atomic mass is 10.0. The molecule has 0 bridgehead atoms. The van der Waals surface area contributed by atoms with Crippen molar-refractivity contribution in [3.8, 4) is 5.75 Å². The van der Waals surface area contributed by atoms with Gasteiger partial charge in [-0.2, -0.15) is 18.2 Å². The number of ether oxygens (including phenoxy) is 1. The number of nitrogens with zero attached hydrogens (tertiary/aromatic N) is 5. The molecule has 5 rings (SSSR count). The van der Waals surface area contributed by atoms with Crippen molar-refractivity contribution in [2.45, 2.75) is 50.4 Å². The van der Waals surface area contributed by atoms with Crippen LogP contribution in [-0.2, 0) is 5.54 Å². The normalized spacial score (nSPS) is 26.2. The van der Waals surface area contributed by atoms with E-state index in [1.165, 1.54) is 0 Å². The summed E-state index contributed by atoms with van der Waals surface area (Å²) in [5, 5.41) is 3.95. The van der Waals surface area contributed by atoms with E-state index >= 15 is 0 Å². The topological polar surface area (TPSA) is 84.4 Å². The van der Waals surface area contributed by atoms with Gasteiger partial charge in [0.25, 0.3) is 11.8 Å². The fourth-order valence-electron chi connectivity index (χ4n) is 4.44. The van der Waals surface area contributed by atoms with Gasteiger partial charge in [-0.05, 0) is 25.7 Å². The van der Waals surface area contributed by atoms with Crippen molar-refractivity contribution < 1.29 is 36.0 Å². The number of rotatable bonds is 6. The molecule has 8 nitrogen and oxygen atoms in total. The van der Waals surface area contributed by atoms with Crippen LogP contribution >= 0.6 is 0 Å². The van der Waals surface area contributed by atoms with Gasteiger partial charge in [0.05, 0.1) is 31.0 Å². The number of aromatic nitrogens is 3. The van der Waals surface area contributed by atoms with Crippen molar-refractivity contribution in [2.24, 2.45) is 5.92 Å². The first-order chi connectivity index (χ1) is 15.4. The third kappa shape index (κ3) is 3.86. The smallest absolute Gasteiger partial charge is 0.422 e. The van der Waals surface area contributed by atoms with Crippen LogP contribution < -0.4 is 9.64 Å². The molecule has 178 valence electrons. The summed E-state index contributed by atoms with van der Waals surface area (Å²) in [5.74, 6) is -2.87. The molecule has 0 spiro atoms. The molecule has 13 heteroatoms. The van der Waals surface area contributed by atoms with Crippen molar-refractivity contribution in [1.29, 1.82) is 0 Å². The average Bonchev–Trinajstić information content (AvgIpc) is 3.60. The number of hydrogen-bond donors (Lipinski definition) is 0. The number of hydrogen-bond acceptors (Lipinski definition) is 7. The molecule has 3 fully saturated rings. The number of anilines is 1. The third-order valence-electron chi connectivity index (χ3n) is 6.20. The standard InChI is InChI=1S/C20H20F5N5O3/c1-10-27-17(28-33-10)18(2)15(11-3-4-11)30(18)16(31)12-5-14(32-9-20(23,24)25)13(6-26-12)29-7-19(21,22)8-29/h5-6,11,15H,3-4,7-9H2,1-2H3. The molecule has 1 aliphatic carbocycles. The Balaban J connectivity index is 1.44. The van der Waals surface area contributed by atoms with Crippen LogP contribution in [0.2, 0.25) is 0 Å². The zero-order valence-corrected chi connectivity index (χ0v) is 17.7. The zero-order chi connectivity index (χ0) is 23.8. The Labute approximate surface area is 184 Å². The monoisotopic (exact) mass is 473 g/mol. The minimum absolute atomic E-state index is 0.0252. The number of alkyl halides is 5. The van der Waals surface area contributed by atoms with Crippen molar-refractivity contribution in [2.75, 3.05) is 24.6 Å². The molecule has 4 heterocycles. The Bertz CT molecular complexity index is 1090. The van der Waals surface area contributed by atoms with Crippen molar-refractivity contribution in [3.63, 3.8) is 0 Å². The molecule has 2 unspecified atom stereocenters. The Kier molecular flexibility index (Phi) is 4.63. The van der Waals surface area contributed by atoms with Crippen molar-refractivity contribution in [1.82, 2.24) is 20.0 Å². The Morgan fingerprint density at radius 1 is 1.30 bits per heavy atom. The lowest BCUT2D eigenvalue weighted by Gasteiger charge is -2.40. The first kappa shape index (κ1) is 21.8. The highest BCUT2D eigenvalue weighted by atomic mass is 19.4. The molecule has 1 saturated carbocycles. The van der Waals surface area contributed by atoms with Gasteiger partial charge in [0, 0.05) is 13.0 Å². The highest BCUT2D eigenvalue weighted by molar-refractivity contribution is 5.96. The minimum atomic E-state index is -4.64. The van der Waals surface area contributed by atoms with Crippen LogP contribution in [0.4, 0.5) is 27.6 Å². The number of halogens is 5. The molecule has 1 amide bonds. The highest BCUT2D eigenvalue weighted by Gasteiger charge is 2.70. The van der Waals surface area contributed by atoms with Gasteiger partial charge in [-0.25, -0.2) is 13.8 Å². The van der Waals surface area contributed by atoms with E-state index in [0.717, 1.165) is 30.0 Å². The van der Waals surface area contributed by atoms with E-state index in [0.29, 0.717) is 11.7 Å². The Morgan fingerprint density at radius 2 is 2.00 bits per heavy atom. The maximum Gasteiger partial charge on any atom is 0.422 e. The van der Waals surface area contributed by atoms with E-state index in [-0.39, 0.29) is 29.1 Å². The molecule has 2 aromatic heterocycles. The second-order valence-corrected chi connectivity index (χ2v) is 8.90. The molecule has 0 aromatic carbocycles. The van der Waals surface area contributed by atoms with Crippen LogP contribution in [0.25, 0.3) is 0 Å². The highest BCUT2D eigenvalue weighted by Crippen LogP contribution is 2.58. The van der Waals surface area contributed by atoms with Crippen molar-refractivity contribution >= 4 is 11.6 Å². The number of carbonyl (C=O) groups is 1. The van der Waals surface area contributed by atoms with Crippen LogP contribution in [0, 0.1) is 12.8 Å². The minimum Gasteiger partial charge on any atom is -0.482 e. The SMILES string of the molecule is Cc1nc(C2(C)C(C3CC3)N2C(=O)c2cc(OCC(F)(F)F)c(N3CC(F)(F)C3)cn2)no1. The van der Waals surface area contributed by atoms with Crippen LogP contribution in [-0.4, -0.2) is 63.8 Å². The van der Waals surface area contributed by atoms with Crippen LogP contribution in [0.5, 0.6) is 5.75 Å². The lowest BCUT2D eigenvalue weighted by molar-refractivity contribution is -0.153. The second kappa shape index (κ2) is 7.00. The van der Waals surface area contributed by atoms with Crippen LogP contribution in [0.1, 0.15) is 42.0 Å². The predicted octanol–water partition coefficient (Wildman–Crippen LogP) is 3.32. The fraction of sp³-hybridized carbons (Fsp3) is 0.600. The van der Waals surface area contributed by atoms with E-state index in [2.05, 4.69) is 15.1 Å². The summed E-state index contributed by atoms with van der Waals surface area (Å²) >= 11 is 0. The summed E-state index contributed by atoms with van der Waals surface area (Å²) in [6, 6.07) is 0.876. The molecule has 2 aliphatic heterocycles. The number of carbonyl (C=O) groups excluding carboxylic acids is 1. The van der Waals surface area contributed by atoms with E-state index in [9.17, 15) is 26.7 Å². The maximum absolute atomic E-state index is 13.3. The first-order valence-electron chi connectivity index (χ1n) is 10.4. The van der Waals surface area contributed by atoms with E-state index in [1.54, 1.807) is 18.7 Å². The summed E-state index contributed by atoms with van der Waals surface area (Å²) in [6.45, 7) is 0.460. The van der Waals surface area contributed by atoms with Gasteiger partial charge in [0.15, 0.2) is 12.4 Å². The second-order valence-electron chi connectivity index (χ2n) is 8.90. The molecule has 0 radical (unpaired) electrons. The first-order valence-corrected chi connectivity index (χ1v) is 10.4. The molecular weight excluding hydrogens is 453 g/mol. The summed E-state index contributed by atoms with van der Waals surface area (Å²) in [6.07, 6.45) is -1.69. The summed E-state index contributed by atoms with van der Waals surface area (Å²) in [5.41, 5.74) is -1.01. The quantitative estimate of drug-likeness (QED) is 0.470. The van der Waals surface area contributed by atoms with E-state index in [1.807, 2.05) is 0 Å². The van der Waals surface area contributed by atoms with Gasteiger partial charge in [0.1, 0.15) is 17.0 Å². The zero-order valence-electron chi connectivity index (χ0n) is 17.7. The largest absolute Gasteiger partial charge is 0.482 e. The predicted molar refractivity (Wildman–Crippen MR) is 102 cm³/mol. The van der Waals surface area contributed by atoms with Gasteiger partial charge in [-0.3, -0.25) is 4.79 Å². The number of aryl methyl sites for hydroxylation is 1. The van der Waals surface area contributed by atoms with Gasteiger partial charge in [-0.1, -0.05) is 5.16 Å². The average molecular weight is 473 g/mol.